The quantitative estimate of drug-likeness (QED) is 0.446. The summed E-state index contributed by atoms with van der Waals surface area (Å²) >= 11 is 0. The first-order valence-corrected chi connectivity index (χ1v) is 10.7. The van der Waals surface area contributed by atoms with Crippen molar-refractivity contribution in [1.29, 1.82) is 0 Å². The van der Waals surface area contributed by atoms with Gasteiger partial charge in [0, 0.05) is 29.4 Å². The first kappa shape index (κ1) is 25.0. The number of aliphatic hydroxyl groups is 1. The topological polar surface area (TPSA) is 108 Å². The van der Waals surface area contributed by atoms with Crippen molar-refractivity contribution in [1.82, 2.24) is 9.97 Å². The number of carboxylic acids is 1. The number of carbonyl (C=O) groups is 1. The van der Waals surface area contributed by atoms with Crippen molar-refractivity contribution in [2.75, 3.05) is 5.01 Å². The predicted molar refractivity (Wildman–Crippen MR) is 121 cm³/mol. The molecule has 0 bridgehead atoms. The van der Waals surface area contributed by atoms with Gasteiger partial charge in [-0.2, -0.15) is 18.3 Å². The van der Waals surface area contributed by atoms with Crippen molar-refractivity contribution in [3.05, 3.63) is 66.2 Å². The highest BCUT2D eigenvalue weighted by Crippen LogP contribution is 2.37. The van der Waals surface area contributed by atoms with Crippen molar-refractivity contribution >= 4 is 17.4 Å². The molecule has 0 saturated heterocycles. The molecule has 0 unspecified atom stereocenters. The summed E-state index contributed by atoms with van der Waals surface area (Å²) in [6, 6.07) is 8.93. The summed E-state index contributed by atoms with van der Waals surface area (Å²) in [6.45, 7) is 1.05. The van der Waals surface area contributed by atoms with E-state index in [9.17, 15) is 27.5 Å². The molecular weight excluding hydrogens is 484 g/mol. The van der Waals surface area contributed by atoms with Crippen LogP contribution in [-0.2, 0) is 11.4 Å². The number of rotatable bonds is 7. The number of aliphatic carboxylic acids is 1. The summed E-state index contributed by atoms with van der Waals surface area (Å²) in [6.07, 6.45) is -2.50. The van der Waals surface area contributed by atoms with Crippen molar-refractivity contribution in [2.24, 2.45) is 11.0 Å². The van der Waals surface area contributed by atoms with Gasteiger partial charge in [0.1, 0.15) is 17.3 Å². The minimum atomic E-state index is -4.68. The van der Waals surface area contributed by atoms with Gasteiger partial charge >= 0.3 is 18.2 Å². The molecule has 1 aliphatic heterocycles. The summed E-state index contributed by atoms with van der Waals surface area (Å²) in [7, 11) is 0. The Morgan fingerprint density at radius 3 is 2.36 bits per heavy atom. The van der Waals surface area contributed by atoms with Crippen molar-refractivity contribution in [3.63, 3.8) is 0 Å². The van der Waals surface area contributed by atoms with Gasteiger partial charge in [-0.05, 0) is 42.0 Å². The second-order valence-electron chi connectivity index (χ2n) is 8.10. The van der Waals surface area contributed by atoms with Crippen LogP contribution in [-0.4, -0.2) is 44.1 Å². The van der Waals surface area contributed by atoms with Crippen LogP contribution >= 0.6 is 0 Å². The summed E-state index contributed by atoms with van der Waals surface area (Å²) in [5.74, 6) is -2.61. The Morgan fingerprint density at radius 1 is 1.11 bits per heavy atom. The van der Waals surface area contributed by atoms with Gasteiger partial charge in [0.2, 0.25) is 0 Å². The zero-order valence-electron chi connectivity index (χ0n) is 18.8. The van der Waals surface area contributed by atoms with Crippen LogP contribution < -0.4 is 9.75 Å². The number of alkyl halides is 3. The van der Waals surface area contributed by atoms with E-state index in [4.69, 9.17) is 9.84 Å². The third-order valence-corrected chi connectivity index (χ3v) is 5.68. The molecule has 12 heteroatoms. The molecule has 2 atom stereocenters. The Hall–Kier alpha value is -4.06. The van der Waals surface area contributed by atoms with Gasteiger partial charge in [-0.3, -0.25) is 9.80 Å². The fourth-order valence-electron chi connectivity index (χ4n) is 3.85. The molecule has 0 aliphatic carbocycles. The third kappa shape index (κ3) is 5.28. The molecule has 188 valence electrons. The number of anilines is 1. The van der Waals surface area contributed by atoms with Crippen molar-refractivity contribution in [2.45, 2.75) is 32.2 Å². The van der Waals surface area contributed by atoms with Crippen LogP contribution in [0.2, 0.25) is 0 Å². The van der Waals surface area contributed by atoms with E-state index in [0.29, 0.717) is 11.1 Å². The number of carboxylic acid groups (broad SMARTS) is 1. The van der Waals surface area contributed by atoms with Crippen molar-refractivity contribution in [3.8, 4) is 22.9 Å². The van der Waals surface area contributed by atoms with Crippen LogP contribution in [0.25, 0.3) is 11.1 Å². The van der Waals surface area contributed by atoms with Crippen LogP contribution in [0.3, 0.4) is 0 Å². The van der Waals surface area contributed by atoms with Gasteiger partial charge in [-0.15, -0.1) is 0 Å². The van der Waals surface area contributed by atoms with E-state index >= 15 is 0 Å². The lowest BCUT2D eigenvalue weighted by Crippen LogP contribution is -2.36. The van der Waals surface area contributed by atoms with Gasteiger partial charge in [0.05, 0.1) is 24.8 Å². The number of hydrogen-bond donors (Lipinski definition) is 2. The van der Waals surface area contributed by atoms with Gasteiger partial charge in [0.15, 0.2) is 0 Å². The van der Waals surface area contributed by atoms with Gasteiger partial charge in [0.25, 0.3) is 0 Å². The number of ether oxygens (including phenoxy) is 1. The molecule has 4 rings (SSSR count). The highest BCUT2D eigenvalue weighted by Gasteiger charge is 2.48. The maximum atomic E-state index is 14.1. The van der Waals surface area contributed by atoms with Crippen molar-refractivity contribution < 1.29 is 37.3 Å². The first-order chi connectivity index (χ1) is 17.1. The molecule has 36 heavy (non-hydrogen) atoms. The number of aromatic nitrogens is 2. The van der Waals surface area contributed by atoms with E-state index in [0.717, 1.165) is 5.01 Å². The maximum absolute atomic E-state index is 14.1. The number of hydrazone groups is 1. The van der Waals surface area contributed by atoms with Gasteiger partial charge in [-0.25, -0.2) is 14.4 Å². The smallest absolute Gasteiger partial charge is 0.431 e. The predicted octanol–water partition coefficient (Wildman–Crippen LogP) is 4.79. The Kier molecular flexibility index (Phi) is 6.88. The zero-order chi connectivity index (χ0) is 26.0. The summed E-state index contributed by atoms with van der Waals surface area (Å²) < 4.78 is 59.7. The normalized spacial score (nSPS) is 17.7. The fourth-order valence-corrected chi connectivity index (χ4v) is 3.85. The molecule has 3 aromatic rings. The maximum Gasteiger partial charge on any atom is 0.431 e. The SMILES string of the molecule is C[C@@H]1C(C(F)(F)F)=NN(c2ccc(Oc3ncc(-c4cc(CO)ccc4F)cn3)cc2)[C@H]1CC(=O)O. The van der Waals surface area contributed by atoms with Crippen LogP contribution in [0.5, 0.6) is 11.8 Å². The minimum absolute atomic E-state index is 0.0545. The van der Waals surface area contributed by atoms with Gasteiger partial charge < -0.3 is 14.9 Å². The average Bonchev–Trinajstić information content (AvgIpc) is 3.16. The highest BCUT2D eigenvalue weighted by molar-refractivity contribution is 5.96. The summed E-state index contributed by atoms with van der Waals surface area (Å²) in [5, 5.41) is 23.1. The fraction of sp³-hybridized carbons (Fsp3) is 0.250. The number of benzene rings is 2. The first-order valence-electron chi connectivity index (χ1n) is 10.7. The number of halogens is 4. The second-order valence-corrected chi connectivity index (χ2v) is 8.10. The minimum Gasteiger partial charge on any atom is -0.481 e. The molecule has 2 heterocycles. The van der Waals surface area contributed by atoms with E-state index < -0.39 is 42.1 Å². The lowest BCUT2D eigenvalue weighted by atomic mass is 9.94. The monoisotopic (exact) mass is 504 g/mol. The number of nitrogens with zero attached hydrogens (tertiary/aromatic N) is 4. The van der Waals surface area contributed by atoms with E-state index in [1.807, 2.05) is 0 Å². The number of hydrogen-bond acceptors (Lipinski definition) is 7. The molecule has 1 aromatic heterocycles. The molecule has 0 spiro atoms. The molecule has 0 amide bonds. The zero-order valence-corrected chi connectivity index (χ0v) is 18.8. The standard InChI is InChI=1S/C24H20F4N4O4/c1-13-20(9-21(34)35)32(31-22(13)24(26,27)28)16-3-5-17(6-4-16)36-23-29-10-15(11-30-23)18-8-14(12-33)2-7-19(18)25/h2-8,10-11,13,20,33H,9,12H2,1H3,(H,34,35)/t13-,20-/m0/s1. The Morgan fingerprint density at radius 2 is 1.78 bits per heavy atom. The molecule has 2 aromatic carbocycles. The molecular formula is C24H20F4N4O4. The average molecular weight is 504 g/mol. The van der Waals surface area contributed by atoms with Crippen LogP contribution in [0.4, 0.5) is 23.2 Å². The molecule has 8 nitrogen and oxygen atoms in total. The molecule has 0 radical (unpaired) electrons. The van der Waals surface area contributed by atoms with E-state index in [-0.39, 0.29) is 29.6 Å². The van der Waals surface area contributed by atoms with Crippen LogP contribution in [0.15, 0.2) is 60.0 Å². The summed E-state index contributed by atoms with van der Waals surface area (Å²) in [4.78, 5) is 19.3. The number of aliphatic hydroxyl groups excluding tert-OH is 1. The van der Waals surface area contributed by atoms with E-state index in [1.165, 1.54) is 61.8 Å². The molecule has 2 N–H and O–H groups in total. The van der Waals surface area contributed by atoms with Crippen LogP contribution in [0.1, 0.15) is 18.9 Å². The Bertz CT molecular complexity index is 1280. The third-order valence-electron chi connectivity index (χ3n) is 5.68. The molecule has 0 saturated carbocycles. The van der Waals surface area contributed by atoms with Crippen LogP contribution in [0, 0.1) is 11.7 Å². The molecule has 0 fully saturated rings. The van der Waals surface area contributed by atoms with Gasteiger partial charge in [-0.1, -0.05) is 13.0 Å². The lowest BCUT2D eigenvalue weighted by Gasteiger charge is -2.25. The summed E-state index contributed by atoms with van der Waals surface area (Å²) in [5.41, 5.74) is 0.332. The highest BCUT2D eigenvalue weighted by atomic mass is 19.4. The van der Waals surface area contributed by atoms with E-state index in [1.54, 1.807) is 0 Å². The van der Waals surface area contributed by atoms with E-state index in [2.05, 4.69) is 15.1 Å². The Balaban J connectivity index is 1.51. The lowest BCUT2D eigenvalue weighted by molar-refractivity contribution is -0.137. The second kappa shape index (κ2) is 9.90. The largest absolute Gasteiger partial charge is 0.481 e. The molecule has 1 aliphatic rings. The Labute approximate surface area is 202 Å².